The van der Waals surface area contributed by atoms with Crippen molar-refractivity contribution in [2.24, 2.45) is 0 Å². The summed E-state index contributed by atoms with van der Waals surface area (Å²) < 4.78 is 21.8. The van der Waals surface area contributed by atoms with Gasteiger partial charge in [0.05, 0.1) is 19.8 Å². The van der Waals surface area contributed by atoms with Crippen molar-refractivity contribution < 1.29 is 23.4 Å². The van der Waals surface area contributed by atoms with Gasteiger partial charge in [0.25, 0.3) is 0 Å². The number of carbonyl (C=O) groups excluding carboxylic acids is 1. The number of ether oxygens (including phenoxy) is 3. The molecule has 0 radical (unpaired) electrons. The fourth-order valence-electron chi connectivity index (χ4n) is 3.25. The monoisotopic (exact) mass is 416 g/mol. The maximum atomic E-state index is 12.7. The molecule has 0 aliphatic heterocycles. The molecule has 0 aliphatic carbocycles. The van der Waals surface area contributed by atoms with E-state index in [1.54, 1.807) is 73.8 Å². The van der Waals surface area contributed by atoms with Crippen LogP contribution in [-0.2, 0) is 0 Å². The molecule has 0 N–H and O–H groups in total. The summed E-state index contributed by atoms with van der Waals surface area (Å²) in [5.74, 6) is 1.43. The summed E-state index contributed by atoms with van der Waals surface area (Å²) in [6.45, 7) is -0.112. The van der Waals surface area contributed by atoms with Crippen LogP contribution in [0.5, 0.6) is 17.2 Å². The number of methoxy groups -OCH3 is 2. The van der Waals surface area contributed by atoms with Crippen LogP contribution in [0.3, 0.4) is 0 Å². The van der Waals surface area contributed by atoms with Crippen LogP contribution < -0.4 is 19.8 Å². The molecule has 0 saturated carbocycles. The van der Waals surface area contributed by atoms with E-state index in [1.165, 1.54) is 7.11 Å². The Morgan fingerprint density at radius 1 is 0.839 bits per heavy atom. The normalized spacial score (nSPS) is 10.6. The van der Waals surface area contributed by atoms with Crippen molar-refractivity contribution in [1.29, 1.82) is 0 Å². The number of hydrogen-bond donors (Lipinski definition) is 0. The van der Waals surface area contributed by atoms with Gasteiger partial charge in [-0.15, -0.1) is 0 Å². The lowest BCUT2D eigenvalue weighted by molar-refractivity contribution is 0.0921. The van der Waals surface area contributed by atoms with Gasteiger partial charge in [0.15, 0.2) is 12.4 Å². The number of ketones is 1. The summed E-state index contributed by atoms with van der Waals surface area (Å²) in [6.07, 6.45) is 0. The molecule has 0 amide bonds. The molecule has 6 heteroatoms. The highest BCUT2D eigenvalue weighted by atomic mass is 16.5. The van der Waals surface area contributed by atoms with E-state index in [1.807, 2.05) is 6.07 Å². The van der Waals surface area contributed by atoms with Gasteiger partial charge in [-0.2, -0.15) is 0 Å². The maximum absolute atomic E-state index is 12.7. The van der Waals surface area contributed by atoms with Crippen LogP contribution in [-0.4, -0.2) is 26.6 Å². The minimum absolute atomic E-state index is 0.112. The number of fused-ring (bicyclic) bond motifs is 1. The Kier molecular flexibility index (Phi) is 5.71. The second-order valence-corrected chi connectivity index (χ2v) is 6.79. The Hall–Kier alpha value is -4.06. The average Bonchev–Trinajstić information content (AvgIpc) is 2.82. The zero-order valence-electron chi connectivity index (χ0n) is 17.1. The molecule has 156 valence electrons. The molecule has 0 spiro atoms. The Bertz CT molecular complexity index is 1290. The number of carbonyl (C=O) groups is 1. The van der Waals surface area contributed by atoms with Crippen LogP contribution in [0.1, 0.15) is 10.4 Å². The second kappa shape index (κ2) is 8.75. The molecular formula is C25H20O6. The lowest BCUT2D eigenvalue weighted by Gasteiger charge is -2.11. The van der Waals surface area contributed by atoms with Crippen LogP contribution in [0.25, 0.3) is 22.1 Å². The number of hydrogen-bond acceptors (Lipinski definition) is 6. The summed E-state index contributed by atoms with van der Waals surface area (Å²) in [6, 6.07) is 21.0. The summed E-state index contributed by atoms with van der Waals surface area (Å²) in [4.78, 5) is 24.9. The molecular weight excluding hydrogens is 396 g/mol. The first-order valence-electron chi connectivity index (χ1n) is 9.60. The predicted octanol–water partition coefficient (Wildman–Crippen LogP) is 4.74. The molecule has 3 aromatic carbocycles. The third kappa shape index (κ3) is 4.28. The fraction of sp³-hybridized carbons (Fsp3) is 0.120. The van der Waals surface area contributed by atoms with E-state index in [2.05, 4.69) is 0 Å². The summed E-state index contributed by atoms with van der Waals surface area (Å²) >= 11 is 0. The maximum Gasteiger partial charge on any atom is 0.344 e. The van der Waals surface area contributed by atoms with Crippen LogP contribution >= 0.6 is 0 Å². The smallest absolute Gasteiger partial charge is 0.344 e. The van der Waals surface area contributed by atoms with Crippen molar-refractivity contribution in [1.82, 2.24) is 0 Å². The van der Waals surface area contributed by atoms with E-state index in [9.17, 15) is 9.59 Å². The van der Waals surface area contributed by atoms with Crippen LogP contribution in [0, 0.1) is 0 Å². The Balaban J connectivity index is 1.63. The van der Waals surface area contributed by atoms with Crippen molar-refractivity contribution in [2.75, 3.05) is 20.8 Å². The van der Waals surface area contributed by atoms with Crippen molar-refractivity contribution >= 4 is 16.8 Å². The van der Waals surface area contributed by atoms with Gasteiger partial charge < -0.3 is 18.6 Å². The summed E-state index contributed by atoms with van der Waals surface area (Å²) in [5, 5.41) is 0.709. The quantitative estimate of drug-likeness (QED) is 0.320. The van der Waals surface area contributed by atoms with Crippen molar-refractivity contribution in [2.45, 2.75) is 0 Å². The third-order valence-corrected chi connectivity index (χ3v) is 4.87. The van der Waals surface area contributed by atoms with Gasteiger partial charge in [0, 0.05) is 22.6 Å². The molecule has 1 aromatic heterocycles. The minimum Gasteiger partial charge on any atom is -0.497 e. The molecule has 4 rings (SSSR count). The van der Waals surface area contributed by atoms with Gasteiger partial charge in [-0.25, -0.2) is 4.79 Å². The van der Waals surface area contributed by atoms with Gasteiger partial charge in [0.2, 0.25) is 0 Å². The Labute approximate surface area is 178 Å². The zero-order valence-corrected chi connectivity index (χ0v) is 17.1. The number of benzene rings is 3. The van der Waals surface area contributed by atoms with Gasteiger partial charge >= 0.3 is 5.63 Å². The molecule has 0 bridgehead atoms. The van der Waals surface area contributed by atoms with E-state index >= 15 is 0 Å². The van der Waals surface area contributed by atoms with Crippen molar-refractivity contribution in [3.63, 3.8) is 0 Å². The third-order valence-electron chi connectivity index (χ3n) is 4.87. The van der Waals surface area contributed by atoms with Crippen molar-refractivity contribution in [3.8, 4) is 28.4 Å². The summed E-state index contributed by atoms with van der Waals surface area (Å²) in [7, 11) is 3.09. The number of rotatable bonds is 7. The summed E-state index contributed by atoms with van der Waals surface area (Å²) in [5.41, 5.74) is 1.35. The molecule has 31 heavy (non-hydrogen) atoms. The van der Waals surface area contributed by atoms with E-state index in [0.717, 1.165) is 0 Å². The standard InChI is InChI=1S/C25H20O6/c1-28-18-10-11-23(29-2)20(13-18)21-12-17-8-9-19(14-24(17)31-25(21)27)30-15-22(26)16-6-4-3-5-7-16/h3-14H,15H2,1-2H3. The number of Topliss-reactive ketones (excluding diaryl/α,β-unsaturated/α-hetero) is 1. The van der Waals surface area contributed by atoms with Crippen LogP contribution in [0.15, 0.2) is 82.0 Å². The van der Waals surface area contributed by atoms with Gasteiger partial charge in [-0.05, 0) is 36.4 Å². The van der Waals surface area contributed by atoms with E-state index < -0.39 is 5.63 Å². The Morgan fingerprint density at radius 2 is 1.61 bits per heavy atom. The zero-order chi connectivity index (χ0) is 21.8. The van der Waals surface area contributed by atoms with Crippen LogP contribution in [0.4, 0.5) is 0 Å². The molecule has 4 aromatic rings. The highest BCUT2D eigenvalue weighted by Crippen LogP contribution is 2.33. The molecule has 0 saturated heterocycles. The van der Waals surface area contributed by atoms with Gasteiger partial charge in [0.1, 0.15) is 22.8 Å². The predicted molar refractivity (Wildman–Crippen MR) is 117 cm³/mol. The van der Waals surface area contributed by atoms with Gasteiger partial charge in [-0.1, -0.05) is 30.3 Å². The van der Waals surface area contributed by atoms with Gasteiger partial charge in [-0.3, -0.25) is 4.79 Å². The Morgan fingerprint density at radius 3 is 2.35 bits per heavy atom. The lowest BCUT2D eigenvalue weighted by Crippen LogP contribution is -2.11. The first-order chi connectivity index (χ1) is 15.1. The van der Waals surface area contributed by atoms with Crippen molar-refractivity contribution in [3.05, 3.63) is 88.8 Å². The highest BCUT2D eigenvalue weighted by Gasteiger charge is 2.15. The SMILES string of the molecule is COc1ccc(OC)c(-c2cc3ccc(OCC(=O)c4ccccc4)cc3oc2=O)c1. The first kappa shape index (κ1) is 20.2. The first-order valence-corrected chi connectivity index (χ1v) is 9.60. The van der Waals surface area contributed by atoms with E-state index in [-0.39, 0.29) is 12.4 Å². The lowest BCUT2D eigenvalue weighted by atomic mass is 10.0. The average molecular weight is 416 g/mol. The second-order valence-electron chi connectivity index (χ2n) is 6.79. The van der Waals surface area contributed by atoms with E-state index in [0.29, 0.717) is 44.9 Å². The topological polar surface area (TPSA) is 75.0 Å². The molecule has 0 unspecified atom stereocenters. The largest absolute Gasteiger partial charge is 0.497 e. The minimum atomic E-state index is -0.517. The molecule has 0 fully saturated rings. The fourth-order valence-corrected chi connectivity index (χ4v) is 3.25. The van der Waals surface area contributed by atoms with E-state index in [4.69, 9.17) is 18.6 Å². The molecule has 0 atom stereocenters. The molecule has 6 nitrogen and oxygen atoms in total. The highest BCUT2D eigenvalue weighted by molar-refractivity contribution is 5.97. The van der Waals surface area contributed by atoms with Crippen LogP contribution in [0.2, 0.25) is 0 Å². The molecule has 1 heterocycles. The molecule has 0 aliphatic rings.